The SMILES string of the molecule is CN1C(=O)[C@@H](NC(=O)c2nc3n(n2)C(c2ccccc2)CC3)CCn2nccc21. The zero-order valence-electron chi connectivity index (χ0n) is 16.0. The van der Waals surface area contributed by atoms with Gasteiger partial charge in [0.2, 0.25) is 5.82 Å². The number of benzene rings is 1. The van der Waals surface area contributed by atoms with Crippen LogP contribution < -0.4 is 10.2 Å². The molecule has 0 bridgehead atoms. The summed E-state index contributed by atoms with van der Waals surface area (Å²) < 4.78 is 3.60. The van der Waals surface area contributed by atoms with Gasteiger partial charge in [0.15, 0.2) is 0 Å². The summed E-state index contributed by atoms with van der Waals surface area (Å²) in [5, 5.41) is 11.5. The highest BCUT2D eigenvalue weighted by molar-refractivity contribution is 6.00. The molecule has 2 amide bonds. The van der Waals surface area contributed by atoms with Crippen molar-refractivity contribution in [2.75, 3.05) is 11.9 Å². The second-order valence-electron chi connectivity index (χ2n) is 7.39. The van der Waals surface area contributed by atoms with E-state index in [1.165, 1.54) is 4.90 Å². The number of hydrogen-bond donors (Lipinski definition) is 1. The molecule has 1 N–H and O–H groups in total. The zero-order chi connectivity index (χ0) is 20.0. The molecule has 29 heavy (non-hydrogen) atoms. The number of carbonyl (C=O) groups excluding carboxylic acids is 2. The number of fused-ring (bicyclic) bond motifs is 2. The van der Waals surface area contributed by atoms with Crippen LogP contribution in [0.15, 0.2) is 42.6 Å². The lowest BCUT2D eigenvalue weighted by Crippen LogP contribution is -2.47. The summed E-state index contributed by atoms with van der Waals surface area (Å²) in [4.78, 5) is 31.5. The number of amides is 2. The van der Waals surface area contributed by atoms with Crippen molar-refractivity contribution in [3.05, 3.63) is 59.8 Å². The fourth-order valence-corrected chi connectivity index (χ4v) is 4.10. The lowest BCUT2D eigenvalue weighted by molar-refractivity contribution is -0.120. The van der Waals surface area contributed by atoms with Gasteiger partial charge in [-0.1, -0.05) is 30.3 Å². The minimum absolute atomic E-state index is 0.0860. The van der Waals surface area contributed by atoms with Crippen molar-refractivity contribution < 1.29 is 9.59 Å². The Hall–Kier alpha value is -3.49. The van der Waals surface area contributed by atoms with Crippen LogP contribution in [-0.2, 0) is 17.8 Å². The summed E-state index contributed by atoms with van der Waals surface area (Å²) in [5.41, 5.74) is 1.15. The molecule has 4 heterocycles. The number of aromatic nitrogens is 5. The predicted octanol–water partition coefficient (Wildman–Crippen LogP) is 1.18. The van der Waals surface area contributed by atoms with E-state index in [9.17, 15) is 9.59 Å². The Morgan fingerprint density at radius 2 is 2.00 bits per heavy atom. The maximum Gasteiger partial charge on any atom is 0.291 e. The van der Waals surface area contributed by atoms with Gasteiger partial charge in [-0.15, -0.1) is 5.10 Å². The van der Waals surface area contributed by atoms with Crippen LogP contribution >= 0.6 is 0 Å². The van der Waals surface area contributed by atoms with Crippen LogP contribution in [0.25, 0.3) is 0 Å². The molecule has 5 rings (SSSR count). The predicted molar refractivity (Wildman–Crippen MR) is 104 cm³/mol. The summed E-state index contributed by atoms with van der Waals surface area (Å²) in [6.07, 6.45) is 3.81. The van der Waals surface area contributed by atoms with E-state index in [-0.39, 0.29) is 17.8 Å². The molecule has 2 atom stereocenters. The first-order chi connectivity index (χ1) is 14.1. The molecule has 0 spiro atoms. The van der Waals surface area contributed by atoms with Crippen molar-refractivity contribution >= 4 is 17.6 Å². The van der Waals surface area contributed by atoms with E-state index < -0.39 is 11.9 Å². The number of nitrogens with zero attached hydrogens (tertiary/aromatic N) is 6. The maximum absolute atomic E-state index is 12.8. The largest absolute Gasteiger partial charge is 0.337 e. The second-order valence-corrected chi connectivity index (χ2v) is 7.39. The molecule has 0 saturated carbocycles. The van der Waals surface area contributed by atoms with E-state index in [2.05, 4.69) is 32.6 Å². The van der Waals surface area contributed by atoms with Gasteiger partial charge in [0.05, 0.1) is 12.2 Å². The Balaban J connectivity index is 1.34. The molecular weight excluding hydrogens is 370 g/mol. The number of aryl methyl sites for hydroxylation is 2. The summed E-state index contributed by atoms with van der Waals surface area (Å²) in [6, 6.07) is 11.3. The van der Waals surface area contributed by atoms with Crippen LogP contribution in [0.5, 0.6) is 0 Å². The smallest absolute Gasteiger partial charge is 0.291 e. The van der Waals surface area contributed by atoms with Crippen LogP contribution in [0.1, 0.15) is 40.9 Å². The van der Waals surface area contributed by atoms with E-state index in [1.807, 2.05) is 22.9 Å². The average Bonchev–Trinajstić information content (AvgIpc) is 3.44. The first-order valence-electron chi connectivity index (χ1n) is 9.72. The normalized spacial score (nSPS) is 20.9. The minimum atomic E-state index is -0.641. The molecule has 1 aromatic carbocycles. The molecule has 1 unspecified atom stereocenters. The Bertz CT molecular complexity index is 1070. The van der Waals surface area contributed by atoms with Crippen molar-refractivity contribution in [1.29, 1.82) is 0 Å². The second kappa shape index (κ2) is 6.84. The highest BCUT2D eigenvalue weighted by Gasteiger charge is 2.33. The fraction of sp³-hybridized carbons (Fsp3) is 0.350. The molecule has 0 radical (unpaired) electrons. The number of nitrogens with one attached hydrogen (secondary N) is 1. The van der Waals surface area contributed by atoms with E-state index >= 15 is 0 Å². The number of anilines is 1. The molecule has 2 aromatic heterocycles. The van der Waals surface area contributed by atoms with Gasteiger partial charge in [0.25, 0.3) is 11.8 Å². The third kappa shape index (κ3) is 2.98. The maximum atomic E-state index is 12.8. The fourth-order valence-electron chi connectivity index (χ4n) is 4.10. The molecule has 3 aromatic rings. The number of carbonyl (C=O) groups is 2. The summed E-state index contributed by atoms with van der Waals surface area (Å²) >= 11 is 0. The lowest BCUT2D eigenvalue weighted by Gasteiger charge is -2.19. The Labute approximate surface area is 167 Å². The third-order valence-electron chi connectivity index (χ3n) is 5.63. The highest BCUT2D eigenvalue weighted by Crippen LogP contribution is 2.30. The Morgan fingerprint density at radius 1 is 1.17 bits per heavy atom. The summed E-state index contributed by atoms with van der Waals surface area (Å²) in [7, 11) is 1.69. The van der Waals surface area contributed by atoms with Crippen LogP contribution in [0, 0.1) is 0 Å². The van der Waals surface area contributed by atoms with Crippen LogP contribution in [-0.4, -0.2) is 49.4 Å². The van der Waals surface area contributed by atoms with Gasteiger partial charge in [-0.3, -0.25) is 14.5 Å². The molecule has 0 aliphatic carbocycles. The van der Waals surface area contributed by atoms with E-state index in [4.69, 9.17) is 0 Å². The van der Waals surface area contributed by atoms with E-state index in [1.54, 1.807) is 24.0 Å². The summed E-state index contributed by atoms with van der Waals surface area (Å²) in [5.74, 6) is 1.03. The number of likely N-dealkylation sites (N-methyl/N-ethyl adjacent to an activating group) is 1. The van der Waals surface area contributed by atoms with Crippen molar-refractivity contribution in [3.8, 4) is 0 Å². The topological polar surface area (TPSA) is 97.9 Å². The van der Waals surface area contributed by atoms with E-state index in [0.717, 1.165) is 30.0 Å². The van der Waals surface area contributed by atoms with E-state index in [0.29, 0.717) is 13.0 Å². The quantitative estimate of drug-likeness (QED) is 0.723. The minimum Gasteiger partial charge on any atom is -0.337 e. The Morgan fingerprint density at radius 3 is 2.83 bits per heavy atom. The number of hydrogen-bond acceptors (Lipinski definition) is 5. The van der Waals surface area contributed by atoms with Crippen LogP contribution in [0.4, 0.5) is 5.82 Å². The molecule has 2 aliphatic heterocycles. The van der Waals surface area contributed by atoms with Crippen molar-refractivity contribution in [2.45, 2.75) is 37.9 Å². The Kier molecular flexibility index (Phi) is 4.15. The molecule has 9 nitrogen and oxygen atoms in total. The van der Waals surface area contributed by atoms with Gasteiger partial charge in [-0.05, 0) is 18.4 Å². The zero-order valence-corrected chi connectivity index (χ0v) is 16.0. The molecule has 0 fully saturated rings. The molecule has 0 saturated heterocycles. The van der Waals surface area contributed by atoms with Crippen LogP contribution in [0.2, 0.25) is 0 Å². The monoisotopic (exact) mass is 391 g/mol. The number of rotatable bonds is 3. The average molecular weight is 391 g/mol. The first-order valence-corrected chi connectivity index (χ1v) is 9.72. The van der Waals surface area contributed by atoms with Gasteiger partial charge >= 0.3 is 0 Å². The molecular formula is C20H21N7O2. The third-order valence-corrected chi connectivity index (χ3v) is 5.63. The summed E-state index contributed by atoms with van der Waals surface area (Å²) in [6.45, 7) is 0.548. The van der Waals surface area contributed by atoms with Crippen molar-refractivity contribution in [2.24, 2.45) is 0 Å². The van der Waals surface area contributed by atoms with Gasteiger partial charge < -0.3 is 5.32 Å². The van der Waals surface area contributed by atoms with Gasteiger partial charge in [0, 0.05) is 26.1 Å². The van der Waals surface area contributed by atoms with Crippen molar-refractivity contribution in [1.82, 2.24) is 29.9 Å². The lowest BCUT2D eigenvalue weighted by atomic mass is 10.1. The standard InChI is InChI=1S/C20H21N7O2/c1-25-17-9-11-21-26(17)12-10-14(20(25)29)22-19(28)18-23-16-8-7-15(27(16)24-18)13-5-3-2-4-6-13/h2-6,9,11,14-15H,7-8,10,12H2,1H3,(H,22,28)/t14-,15?/m0/s1. The highest BCUT2D eigenvalue weighted by atomic mass is 16.2. The van der Waals surface area contributed by atoms with Crippen LogP contribution in [0.3, 0.4) is 0 Å². The van der Waals surface area contributed by atoms with Gasteiger partial charge in [0.1, 0.15) is 17.7 Å². The molecule has 148 valence electrons. The van der Waals surface area contributed by atoms with Gasteiger partial charge in [-0.2, -0.15) is 5.10 Å². The van der Waals surface area contributed by atoms with Crippen molar-refractivity contribution in [3.63, 3.8) is 0 Å². The first kappa shape index (κ1) is 17.6. The molecule has 9 heteroatoms. The molecule has 2 aliphatic rings. The van der Waals surface area contributed by atoms with Gasteiger partial charge in [-0.25, -0.2) is 14.3 Å².